The highest BCUT2D eigenvalue weighted by Crippen LogP contribution is 2.13. The maximum atomic E-state index is 12.8. The van der Waals surface area contributed by atoms with E-state index in [1.165, 1.54) is 23.3 Å². The molecular formula is C17H21FIN3. The Morgan fingerprint density at radius 2 is 1.77 bits per heavy atom. The molecule has 0 aromatic heterocycles. The molecular weight excluding hydrogens is 392 g/mol. The number of aliphatic imine (C=N–C) groups is 1. The fraction of sp³-hybridized carbons (Fsp3) is 0.235. The Bertz CT molecular complexity index is 639. The molecule has 0 spiro atoms. The zero-order valence-corrected chi connectivity index (χ0v) is 15.1. The molecule has 0 amide bonds. The van der Waals surface area contributed by atoms with Gasteiger partial charge in [-0.1, -0.05) is 18.2 Å². The monoisotopic (exact) mass is 413 g/mol. The molecule has 3 nitrogen and oxygen atoms in total. The first-order valence-corrected chi connectivity index (χ1v) is 6.93. The minimum atomic E-state index is -0.224. The molecule has 0 unspecified atom stereocenters. The van der Waals surface area contributed by atoms with Gasteiger partial charge in [-0.3, -0.25) is 4.99 Å². The van der Waals surface area contributed by atoms with Gasteiger partial charge in [0.2, 0.25) is 0 Å². The van der Waals surface area contributed by atoms with Crippen molar-refractivity contribution in [3.63, 3.8) is 0 Å². The summed E-state index contributed by atoms with van der Waals surface area (Å²) in [5, 5.41) is 3.07. The number of rotatable bonds is 4. The molecule has 2 aromatic carbocycles. The molecule has 0 saturated carbocycles. The van der Waals surface area contributed by atoms with E-state index in [4.69, 9.17) is 5.73 Å². The van der Waals surface area contributed by atoms with E-state index in [0.717, 1.165) is 17.7 Å². The van der Waals surface area contributed by atoms with Crippen molar-refractivity contribution in [2.75, 3.05) is 11.9 Å². The van der Waals surface area contributed by atoms with Crippen LogP contribution in [-0.4, -0.2) is 12.5 Å². The average Bonchev–Trinajstić information content (AvgIpc) is 2.45. The Labute approximate surface area is 147 Å². The minimum Gasteiger partial charge on any atom is -0.370 e. The summed E-state index contributed by atoms with van der Waals surface area (Å²) in [4.78, 5) is 4.28. The van der Waals surface area contributed by atoms with E-state index < -0.39 is 0 Å². The lowest BCUT2D eigenvalue weighted by Crippen LogP contribution is -2.23. The first-order chi connectivity index (χ1) is 10.0. The fourth-order valence-electron chi connectivity index (χ4n) is 1.96. The van der Waals surface area contributed by atoms with Crippen molar-refractivity contribution in [3.05, 3.63) is 65.0 Å². The van der Waals surface area contributed by atoms with E-state index >= 15 is 0 Å². The third-order valence-corrected chi connectivity index (χ3v) is 3.38. The van der Waals surface area contributed by atoms with Gasteiger partial charge in [0.05, 0.1) is 0 Å². The quantitative estimate of drug-likeness (QED) is 0.452. The van der Waals surface area contributed by atoms with E-state index in [2.05, 4.69) is 24.2 Å². The Hall–Kier alpha value is -1.63. The predicted molar refractivity (Wildman–Crippen MR) is 102 cm³/mol. The Morgan fingerprint density at radius 3 is 2.41 bits per heavy atom. The summed E-state index contributed by atoms with van der Waals surface area (Å²) in [6.07, 6.45) is 0.732. The lowest BCUT2D eigenvalue weighted by molar-refractivity contribution is 0.627. The molecule has 3 N–H and O–H groups in total. The van der Waals surface area contributed by atoms with Gasteiger partial charge in [0.25, 0.3) is 0 Å². The Balaban J connectivity index is 0.00000242. The van der Waals surface area contributed by atoms with Crippen LogP contribution in [0.1, 0.15) is 16.7 Å². The maximum Gasteiger partial charge on any atom is 0.193 e. The van der Waals surface area contributed by atoms with Crippen molar-refractivity contribution in [3.8, 4) is 0 Å². The topological polar surface area (TPSA) is 50.4 Å². The van der Waals surface area contributed by atoms with Crippen LogP contribution in [0.4, 0.5) is 10.1 Å². The van der Waals surface area contributed by atoms with Gasteiger partial charge in [-0.25, -0.2) is 4.39 Å². The molecule has 0 heterocycles. The highest BCUT2D eigenvalue weighted by Gasteiger charge is 1.98. The van der Waals surface area contributed by atoms with E-state index in [1.807, 2.05) is 18.2 Å². The summed E-state index contributed by atoms with van der Waals surface area (Å²) < 4.78 is 12.8. The van der Waals surface area contributed by atoms with Gasteiger partial charge in [0.15, 0.2) is 5.96 Å². The van der Waals surface area contributed by atoms with Crippen LogP contribution in [0.25, 0.3) is 0 Å². The van der Waals surface area contributed by atoms with Crippen LogP contribution in [0.2, 0.25) is 0 Å². The van der Waals surface area contributed by atoms with Crippen LogP contribution >= 0.6 is 24.0 Å². The average molecular weight is 413 g/mol. The van der Waals surface area contributed by atoms with Crippen molar-refractivity contribution in [2.45, 2.75) is 20.3 Å². The summed E-state index contributed by atoms with van der Waals surface area (Å²) in [6, 6.07) is 12.5. The first kappa shape index (κ1) is 18.4. The number of guanidine groups is 1. The second-order valence-electron chi connectivity index (χ2n) is 5.07. The zero-order valence-electron chi connectivity index (χ0n) is 12.8. The van der Waals surface area contributed by atoms with E-state index in [9.17, 15) is 4.39 Å². The Morgan fingerprint density at radius 1 is 1.09 bits per heavy atom. The smallest absolute Gasteiger partial charge is 0.193 e. The molecule has 118 valence electrons. The number of hydrogen-bond donors (Lipinski definition) is 2. The van der Waals surface area contributed by atoms with Crippen molar-refractivity contribution >= 4 is 35.6 Å². The summed E-state index contributed by atoms with van der Waals surface area (Å²) in [7, 11) is 0. The van der Waals surface area contributed by atoms with Crippen molar-refractivity contribution in [1.82, 2.24) is 0 Å². The van der Waals surface area contributed by atoms with Gasteiger partial charge in [0.1, 0.15) is 5.82 Å². The molecule has 0 aliphatic carbocycles. The molecule has 0 radical (unpaired) electrons. The highest BCUT2D eigenvalue weighted by molar-refractivity contribution is 14.0. The molecule has 0 fully saturated rings. The predicted octanol–water partition coefficient (Wildman–Crippen LogP) is 4.03. The number of anilines is 1. The van der Waals surface area contributed by atoms with Crippen LogP contribution in [-0.2, 0) is 6.42 Å². The van der Waals surface area contributed by atoms with Crippen molar-refractivity contribution in [2.24, 2.45) is 10.7 Å². The van der Waals surface area contributed by atoms with E-state index in [-0.39, 0.29) is 29.8 Å². The summed E-state index contributed by atoms with van der Waals surface area (Å²) in [5.74, 6) is 0.165. The fourth-order valence-corrected chi connectivity index (χ4v) is 1.96. The number of nitrogens with zero attached hydrogens (tertiary/aromatic N) is 1. The largest absolute Gasteiger partial charge is 0.370 e. The summed E-state index contributed by atoms with van der Waals surface area (Å²) in [5.41, 5.74) is 10.3. The van der Waals surface area contributed by atoms with Crippen LogP contribution in [0.5, 0.6) is 0 Å². The van der Waals surface area contributed by atoms with E-state index in [1.54, 1.807) is 12.1 Å². The Kier molecular flexibility index (Phi) is 7.31. The van der Waals surface area contributed by atoms with Gasteiger partial charge in [0, 0.05) is 12.2 Å². The van der Waals surface area contributed by atoms with Gasteiger partial charge >= 0.3 is 0 Å². The first-order valence-electron chi connectivity index (χ1n) is 6.93. The van der Waals surface area contributed by atoms with Crippen LogP contribution in [0.3, 0.4) is 0 Å². The van der Waals surface area contributed by atoms with Gasteiger partial charge in [-0.15, -0.1) is 24.0 Å². The number of hydrogen-bond acceptors (Lipinski definition) is 1. The number of halogens is 2. The minimum absolute atomic E-state index is 0. The molecule has 5 heteroatoms. The van der Waals surface area contributed by atoms with E-state index in [0.29, 0.717) is 12.5 Å². The molecule has 0 atom stereocenters. The SMILES string of the molecule is Cc1ccc(NC(N)=NCCc2ccc(F)cc2)cc1C.I. The molecule has 2 rings (SSSR count). The standard InChI is InChI=1S/C17H20FN3.HI/c1-12-3-8-16(11-13(12)2)21-17(19)20-10-9-14-4-6-15(18)7-5-14;/h3-8,11H,9-10H2,1-2H3,(H3,19,20,21);1H. The normalized spacial score (nSPS) is 11.0. The molecule has 0 aliphatic rings. The maximum absolute atomic E-state index is 12.8. The van der Waals surface area contributed by atoms with Crippen LogP contribution in [0.15, 0.2) is 47.5 Å². The lowest BCUT2D eigenvalue weighted by atomic mass is 10.1. The second-order valence-corrected chi connectivity index (χ2v) is 5.07. The van der Waals surface area contributed by atoms with Gasteiger partial charge in [-0.05, 0) is 61.2 Å². The second kappa shape index (κ2) is 8.73. The van der Waals surface area contributed by atoms with Crippen molar-refractivity contribution in [1.29, 1.82) is 0 Å². The number of aryl methyl sites for hydroxylation is 2. The molecule has 0 saturated heterocycles. The molecule has 22 heavy (non-hydrogen) atoms. The van der Waals surface area contributed by atoms with Gasteiger partial charge < -0.3 is 11.1 Å². The number of nitrogens with two attached hydrogens (primary N) is 1. The van der Waals surface area contributed by atoms with Crippen molar-refractivity contribution < 1.29 is 4.39 Å². The van der Waals surface area contributed by atoms with Crippen LogP contribution in [0, 0.1) is 19.7 Å². The lowest BCUT2D eigenvalue weighted by Gasteiger charge is -2.08. The summed E-state index contributed by atoms with van der Waals surface area (Å²) >= 11 is 0. The van der Waals surface area contributed by atoms with Crippen LogP contribution < -0.4 is 11.1 Å². The number of benzene rings is 2. The zero-order chi connectivity index (χ0) is 15.2. The summed E-state index contributed by atoms with van der Waals surface area (Å²) in [6.45, 7) is 4.69. The third-order valence-electron chi connectivity index (χ3n) is 3.38. The molecule has 0 aliphatic heterocycles. The third kappa shape index (κ3) is 5.63. The van der Waals surface area contributed by atoms with Gasteiger partial charge in [-0.2, -0.15) is 0 Å². The number of nitrogens with one attached hydrogen (secondary N) is 1. The molecule has 0 bridgehead atoms. The highest BCUT2D eigenvalue weighted by atomic mass is 127. The molecule has 2 aromatic rings.